The van der Waals surface area contributed by atoms with Crippen LogP contribution in [0.15, 0.2) is 48.5 Å². The third-order valence-corrected chi connectivity index (χ3v) is 4.62. The van der Waals surface area contributed by atoms with Crippen molar-refractivity contribution >= 4 is 29.3 Å². The zero-order valence-corrected chi connectivity index (χ0v) is 14.9. The van der Waals surface area contributed by atoms with E-state index in [0.717, 1.165) is 0 Å². The number of amides is 1. The summed E-state index contributed by atoms with van der Waals surface area (Å²) in [7, 11) is 0. The maximum absolute atomic E-state index is 13.6. The maximum Gasteiger partial charge on any atom is 0.260 e. The van der Waals surface area contributed by atoms with Crippen molar-refractivity contribution in [2.75, 3.05) is 12.3 Å². The molecule has 0 saturated heterocycles. The number of carbonyl (C=O) groups excluding carboxylic acids is 1. The molecular formula is C18H19ClFNO2S. The average Bonchev–Trinajstić information content (AvgIpc) is 2.57. The zero-order chi connectivity index (χ0) is 17.4. The maximum atomic E-state index is 13.6. The second-order valence-corrected chi connectivity index (χ2v) is 6.63. The van der Waals surface area contributed by atoms with E-state index in [9.17, 15) is 9.18 Å². The zero-order valence-electron chi connectivity index (χ0n) is 13.3. The minimum Gasteiger partial charge on any atom is -0.481 e. The number of hydrogen-bond donors (Lipinski definition) is 1. The van der Waals surface area contributed by atoms with Gasteiger partial charge in [0.05, 0.1) is 0 Å². The van der Waals surface area contributed by atoms with Crippen LogP contribution in [0, 0.1) is 5.82 Å². The summed E-state index contributed by atoms with van der Waals surface area (Å²) < 4.78 is 19.2. The van der Waals surface area contributed by atoms with E-state index >= 15 is 0 Å². The van der Waals surface area contributed by atoms with Crippen LogP contribution >= 0.6 is 23.4 Å². The number of halogens is 2. The molecular weight excluding hydrogens is 349 g/mol. The molecule has 1 N–H and O–H groups in total. The topological polar surface area (TPSA) is 38.3 Å². The van der Waals surface area contributed by atoms with Gasteiger partial charge in [0.1, 0.15) is 11.6 Å². The van der Waals surface area contributed by atoms with Crippen LogP contribution < -0.4 is 10.1 Å². The van der Waals surface area contributed by atoms with Gasteiger partial charge in [0.25, 0.3) is 5.91 Å². The minimum absolute atomic E-state index is 0.177. The number of rotatable bonds is 8. The molecule has 0 heterocycles. The van der Waals surface area contributed by atoms with Gasteiger partial charge in [-0.05, 0) is 31.2 Å². The first-order valence-corrected chi connectivity index (χ1v) is 9.11. The smallest absolute Gasteiger partial charge is 0.260 e. The predicted molar refractivity (Wildman–Crippen MR) is 97.1 cm³/mol. The Hall–Kier alpha value is -1.72. The molecule has 1 amide bonds. The van der Waals surface area contributed by atoms with E-state index in [1.807, 2.05) is 18.2 Å². The summed E-state index contributed by atoms with van der Waals surface area (Å²) in [6, 6.07) is 13.8. The molecule has 0 fully saturated rings. The number of para-hydroxylation sites is 1. The van der Waals surface area contributed by atoms with Gasteiger partial charge < -0.3 is 10.1 Å². The van der Waals surface area contributed by atoms with E-state index < -0.39 is 6.10 Å². The summed E-state index contributed by atoms with van der Waals surface area (Å²) in [5, 5.41) is 3.23. The molecule has 0 saturated carbocycles. The molecule has 3 nitrogen and oxygen atoms in total. The summed E-state index contributed by atoms with van der Waals surface area (Å²) >= 11 is 7.48. The van der Waals surface area contributed by atoms with Gasteiger partial charge in [0, 0.05) is 28.6 Å². The fourth-order valence-corrected chi connectivity index (χ4v) is 3.19. The first-order valence-electron chi connectivity index (χ1n) is 7.58. The predicted octanol–water partition coefficient (Wildman–Crippen LogP) is 4.30. The van der Waals surface area contributed by atoms with Gasteiger partial charge in [-0.3, -0.25) is 4.79 Å². The molecule has 0 aliphatic carbocycles. The van der Waals surface area contributed by atoms with Crippen LogP contribution in [-0.2, 0) is 10.5 Å². The van der Waals surface area contributed by atoms with Gasteiger partial charge in [-0.25, -0.2) is 4.39 Å². The number of nitrogens with one attached hydrogen (secondary N) is 1. The largest absolute Gasteiger partial charge is 0.481 e. The Labute approximate surface area is 150 Å². The number of ether oxygens (including phenoxy) is 1. The quantitative estimate of drug-likeness (QED) is 0.707. The molecule has 2 aromatic rings. The van der Waals surface area contributed by atoms with E-state index in [-0.39, 0.29) is 11.7 Å². The van der Waals surface area contributed by atoms with Crippen LogP contribution in [0.25, 0.3) is 0 Å². The van der Waals surface area contributed by atoms with Gasteiger partial charge in [-0.2, -0.15) is 11.8 Å². The molecule has 0 bridgehead atoms. The molecule has 2 rings (SSSR count). The Morgan fingerprint density at radius 3 is 2.71 bits per heavy atom. The molecule has 0 aliphatic heterocycles. The Bertz CT molecular complexity index is 649. The average molecular weight is 368 g/mol. The van der Waals surface area contributed by atoms with E-state index in [0.29, 0.717) is 34.4 Å². The lowest BCUT2D eigenvalue weighted by Crippen LogP contribution is -2.37. The van der Waals surface area contributed by atoms with E-state index in [2.05, 4.69) is 5.32 Å². The SMILES string of the molecule is CC(Oc1ccccc1)C(=O)NCCSCc1c(F)cccc1Cl. The first-order chi connectivity index (χ1) is 11.6. The lowest BCUT2D eigenvalue weighted by atomic mass is 10.2. The van der Waals surface area contributed by atoms with Gasteiger partial charge in [0.15, 0.2) is 6.10 Å². The van der Waals surface area contributed by atoms with Crippen LogP contribution in [0.1, 0.15) is 12.5 Å². The fraction of sp³-hybridized carbons (Fsp3) is 0.278. The number of hydrogen-bond acceptors (Lipinski definition) is 3. The lowest BCUT2D eigenvalue weighted by molar-refractivity contribution is -0.127. The Morgan fingerprint density at radius 1 is 1.25 bits per heavy atom. The number of benzene rings is 2. The van der Waals surface area contributed by atoms with Crippen molar-refractivity contribution in [3.63, 3.8) is 0 Å². The fourth-order valence-electron chi connectivity index (χ4n) is 1.99. The summed E-state index contributed by atoms with van der Waals surface area (Å²) in [6.45, 7) is 2.19. The van der Waals surface area contributed by atoms with Crippen LogP contribution in [0.5, 0.6) is 5.75 Å². The Morgan fingerprint density at radius 2 is 2.00 bits per heavy atom. The normalized spacial score (nSPS) is 11.8. The van der Waals surface area contributed by atoms with Gasteiger partial charge in [0.2, 0.25) is 0 Å². The molecule has 1 atom stereocenters. The third-order valence-electron chi connectivity index (χ3n) is 3.28. The van der Waals surface area contributed by atoms with Crippen LogP contribution in [0.4, 0.5) is 4.39 Å². The lowest BCUT2D eigenvalue weighted by Gasteiger charge is -2.14. The van der Waals surface area contributed by atoms with Crippen molar-refractivity contribution in [2.45, 2.75) is 18.8 Å². The van der Waals surface area contributed by atoms with Crippen molar-refractivity contribution in [1.82, 2.24) is 5.32 Å². The highest BCUT2D eigenvalue weighted by Crippen LogP contribution is 2.23. The molecule has 0 aliphatic rings. The van der Waals surface area contributed by atoms with Crippen molar-refractivity contribution < 1.29 is 13.9 Å². The molecule has 1 unspecified atom stereocenters. The van der Waals surface area contributed by atoms with Gasteiger partial charge in [-0.15, -0.1) is 0 Å². The second kappa shape index (κ2) is 9.55. The number of thioether (sulfide) groups is 1. The van der Waals surface area contributed by atoms with E-state index in [1.54, 1.807) is 31.2 Å². The summed E-state index contributed by atoms with van der Waals surface area (Å²) in [4.78, 5) is 12.0. The summed E-state index contributed by atoms with van der Waals surface area (Å²) in [5.41, 5.74) is 0.497. The molecule has 24 heavy (non-hydrogen) atoms. The molecule has 0 aromatic heterocycles. The van der Waals surface area contributed by atoms with E-state index in [1.165, 1.54) is 17.8 Å². The first kappa shape index (κ1) is 18.6. The molecule has 6 heteroatoms. The van der Waals surface area contributed by atoms with Gasteiger partial charge >= 0.3 is 0 Å². The highest BCUT2D eigenvalue weighted by molar-refractivity contribution is 7.98. The van der Waals surface area contributed by atoms with Gasteiger partial charge in [-0.1, -0.05) is 35.9 Å². The highest BCUT2D eigenvalue weighted by atomic mass is 35.5. The highest BCUT2D eigenvalue weighted by Gasteiger charge is 2.14. The molecule has 128 valence electrons. The number of carbonyl (C=O) groups is 1. The van der Waals surface area contributed by atoms with Crippen molar-refractivity contribution in [3.05, 3.63) is 64.9 Å². The standard InChI is InChI=1S/C18H19ClFNO2S/c1-13(23-14-6-3-2-4-7-14)18(22)21-10-11-24-12-15-16(19)8-5-9-17(15)20/h2-9,13H,10-12H2,1H3,(H,21,22). The van der Waals surface area contributed by atoms with E-state index in [4.69, 9.17) is 16.3 Å². The van der Waals surface area contributed by atoms with Crippen molar-refractivity contribution in [1.29, 1.82) is 0 Å². The van der Waals surface area contributed by atoms with Crippen molar-refractivity contribution in [3.8, 4) is 5.75 Å². The molecule has 2 aromatic carbocycles. The molecule has 0 spiro atoms. The summed E-state index contributed by atoms with van der Waals surface area (Å²) in [6.07, 6.45) is -0.571. The third kappa shape index (κ3) is 5.73. The van der Waals surface area contributed by atoms with Crippen LogP contribution in [0.2, 0.25) is 5.02 Å². The Balaban J connectivity index is 1.67. The summed E-state index contributed by atoms with van der Waals surface area (Å²) in [5.74, 6) is 1.31. The second-order valence-electron chi connectivity index (χ2n) is 5.12. The van der Waals surface area contributed by atoms with Crippen LogP contribution in [0.3, 0.4) is 0 Å². The Kier molecular flexibility index (Phi) is 7.40. The van der Waals surface area contributed by atoms with Crippen molar-refractivity contribution in [2.24, 2.45) is 0 Å². The van der Waals surface area contributed by atoms with Crippen LogP contribution in [-0.4, -0.2) is 24.3 Å². The minimum atomic E-state index is -0.571. The molecule has 0 radical (unpaired) electrons. The monoisotopic (exact) mass is 367 g/mol.